The van der Waals surface area contributed by atoms with E-state index in [-0.39, 0.29) is 5.41 Å². The van der Waals surface area contributed by atoms with Gasteiger partial charge in [-0.1, -0.05) is 32.0 Å². The van der Waals surface area contributed by atoms with Gasteiger partial charge in [0.2, 0.25) is 0 Å². The fourth-order valence-electron chi connectivity index (χ4n) is 3.12. The molecule has 0 spiro atoms. The monoisotopic (exact) mass is 288 g/mol. The quantitative estimate of drug-likeness (QED) is 0.922. The predicted octanol–water partition coefficient (Wildman–Crippen LogP) is 2.17. The number of rotatable bonds is 4. The maximum atomic E-state index is 10.8. The molecule has 4 heteroatoms. The zero-order valence-corrected chi connectivity index (χ0v) is 13.1. The molecule has 0 aliphatic carbocycles. The number of methoxy groups -OCH3 is 1. The van der Waals surface area contributed by atoms with Crippen LogP contribution in [0.15, 0.2) is 24.3 Å². The zero-order valence-electron chi connectivity index (χ0n) is 13.1. The van der Waals surface area contributed by atoms with Crippen molar-refractivity contribution >= 4 is 0 Å². The smallest absolute Gasteiger partial charge is 0.0995 e. The second kappa shape index (κ2) is 6.15. The minimum atomic E-state index is -0.785. The van der Waals surface area contributed by atoms with Gasteiger partial charge in [-0.25, -0.2) is 0 Å². The summed E-state index contributed by atoms with van der Waals surface area (Å²) < 4.78 is 5.20. The van der Waals surface area contributed by atoms with Gasteiger partial charge in [0.25, 0.3) is 0 Å². The van der Waals surface area contributed by atoms with Crippen LogP contribution < -0.4 is 0 Å². The maximum Gasteiger partial charge on any atom is 0.0995 e. The van der Waals surface area contributed by atoms with Crippen LogP contribution in [0.4, 0.5) is 0 Å². The average Bonchev–Trinajstić information content (AvgIpc) is 2.44. The average molecular weight is 288 g/mol. The van der Waals surface area contributed by atoms with Gasteiger partial charge in [0, 0.05) is 32.2 Å². The number of hydrogen-bond acceptors (Lipinski definition) is 4. The van der Waals surface area contributed by atoms with E-state index in [1.807, 2.05) is 24.3 Å². The Kier molecular flexibility index (Phi) is 4.67. The number of likely N-dealkylation sites (tertiary alicyclic amines) is 1. The molecule has 1 heterocycles. The Bertz CT molecular complexity index is 536. The van der Waals surface area contributed by atoms with Gasteiger partial charge in [-0.3, -0.25) is 4.90 Å². The van der Waals surface area contributed by atoms with E-state index in [1.54, 1.807) is 7.11 Å². The summed E-state index contributed by atoms with van der Waals surface area (Å²) in [6, 6.07) is 9.95. The molecule has 1 aliphatic heterocycles. The Hall–Kier alpha value is -1.41. The van der Waals surface area contributed by atoms with Crippen molar-refractivity contribution in [1.29, 1.82) is 5.26 Å². The fraction of sp³-hybridized carbons (Fsp3) is 0.588. The lowest BCUT2D eigenvalue weighted by Crippen LogP contribution is -2.59. The van der Waals surface area contributed by atoms with Crippen molar-refractivity contribution in [3.05, 3.63) is 35.4 Å². The van der Waals surface area contributed by atoms with E-state index in [2.05, 4.69) is 24.8 Å². The summed E-state index contributed by atoms with van der Waals surface area (Å²) in [5, 5.41) is 20.0. The van der Waals surface area contributed by atoms with Crippen LogP contribution in [-0.2, 0) is 11.3 Å². The van der Waals surface area contributed by atoms with Gasteiger partial charge in [-0.2, -0.15) is 5.26 Å². The minimum Gasteiger partial charge on any atom is -0.387 e. The van der Waals surface area contributed by atoms with Crippen molar-refractivity contribution < 1.29 is 9.84 Å². The lowest BCUT2D eigenvalue weighted by atomic mass is 9.70. The maximum absolute atomic E-state index is 10.8. The summed E-state index contributed by atoms with van der Waals surface area (Å²) in [6.07, 6.45) is 0.683. The summed E-state index contributed by atoms with van der Waals surface area (Å²) in [7, 11) is 1.63. The molecule has 0 amide bonds. The highest BCUT2D eigenvalue weighted by atomic mass is 16.5. The normalized spacial score (nSPS) is 25.5. The first-order valence-corrected chi connectivity index (χ1v) is 7.33. The first-order valence-electron chi connectivity index (χ1n) is 7.33. The van der Waals surface area contributed by atoms with Crippen molar-refractivity contribution in [3.8, 4) is 6.07 Å². The number of piperidine rings is 1. The van der Waals surface area contributed by atoms with Crippen molar-refractivity contribution in [2.45, 2.75) is 32.4 Å². The van der Waals surface area contributed by atoms with Gasteiger partial charge in [-0.15, -0.1) is 0 Å². The van der Waals surface area contributed by atoms with E-state index >= 15 is 0 Å². The highest BCUT2D eigenvalue weighted by molar-refractivity contribution is 5.37. The topological polar surface area (TPSA) is 56.5 Å². The SMILES string of the molecule is COC[C@]1(O)CCN(Cc2ccccc2C#N)CC1(C)C. The van der Waals surface area contributed by atoms with E-state index in [0.717, 1.165) is 30.8 Å². The third-order valence-electron chi connectivity index (χ3n) is 4.64. The van der Waals surface area contributed by atoms with Crippen molar-refractivity contribution in [2.24, 2.45) is 5.41 Å². The fourth-order valence-corrected chi connectivity index (χ4v) is 3.12. The first kappa shape index (κ1) is 16.0. The second-order valence-electron chi connectivity index (χ2n) is 6.58. The molecule has 1 aromatic rings. The standard InChI is InChI=1S/C17H24N2O2/c1-16(2)12-19(9-8-17(16,20)13-21-3)11-15-7-5-4-6-14(15)10-18/h4-7,20H,8-9,11-13H2,1-3H3/t17-/m1/s1. The molecule has 1 saturated heterocycles. The highest BCUT2D eigenvalue weighted by Gasteiger charge is 2.47. The first-order chi connectivity index (χ1) is 9.92. The molecular weight excluding hydrogens is 264 g/mol. The molecule has 4 nitrogen and oxygen atoms in total. The minimum absolute atomic E-state index is 0.247. The number of aliphatic hydroxyl groups is 1. The lowest BCUT2D eigenvalue weighted by Gasteiger charge is -2.50. The number of benzene rings is 1. The third kappa shape index (κ3) is 3.26. The number of nitriles is 1. The highest BCUT2D eigenvalue weighted by Crippen LogP contribution is 2.39. The van der Waals surface area contributed by atoms with Crippen molar-refractivity contribution in [3.63, 3.8) is 0 Å². The zero-order chi connectivity index (χ0) is 15.5. The Morgan fingerprint density at radius 3 is 2.71 bits per heavy atom. The van der Waals surface area contributed by atoms with Gasteiger partial charge < -0.3 is 9.84 Å². The van der Waals surface area contributed by atoms with E-state index in [4.69, 9.17) is 4.74 Å². The summed E-state index contributed by atoms with van der Waals surface area (Å²) in [5.41, 5.74) is 0.747. The molecule has 0 saturated carbocycles. The van der Waals surface area contributed by atoms with Crippen molar-refractivity contribution in [1.82, 2.24) is 4.90 Å². The van der Waals surface area contributed by atoms with Crippen LogP contribution in [-0.4, -0.2) is 42.4 Å². The summed E-state index contributed by atoms with van der Waals surface area (Å²) in [6.45, 7) is 6.86. The molecule has 0 unspecified atom stereocenters. The molecule has 21 heavy (non-hydrogen) atoms. The summed E-state index contributed by atoms with van der Waals surface area (Å²) in [4.78, 5) is 2.31. The van der Waals surface area contributed by atoms with Gasteiger partial charge in [-0.05, 0) is 18.1 Å². The molecular formula is C17H24N2O2. The van der Waals surface area contributed by atoms with E-state index in [0.29, 0.717) is 13.0 Å². The van der Waals surface area contributed by atoms with Crippen LogP contribution in [0.25, 0.3) is 0 Å². The number of ether oxygens (including phenoxy) is 1. The van der Waals surface area contributed by atoms with Gasteiger partial charge in [0.05, 0.1) is 23.8 Å². The van der Waals surface area contributed by atoms with Gasteiger partial charge >= 0.3 is 0 Å². The molecule has 1 N–H and O–H groups in total. The predicted molar refractivity (Wildman–Crippen MR) is 81.7 cm³/mol. The van der Waals surface area contributed by atoms with Crippen LogP contribution in [0, 0.1) is 16.7 Å². The molecule has 1 aliphatic rings. The molecule has 1 fully saturated rings. The molecule has 1 aromatic carbocycles. The van der Waals surface area contributed by atoms with Gasteiger partial charge in [0.1, 0.15) is 0 Å². The molecule has 0 aromatic heterocycles. The second-order valence-corrected chi connectivity index (χ2v) is 6.58. The molecule has 2 rings (SSSR count). The van der Waals surface area contributed by atoms with Crippen LogP contribution >= 0.6 is 0 Å². The largest absolute Gasteiger partial charge is 0.387 e. The molecule has 1 atom stereocenters. The van der Waals surface area contributed by atoms with Crippen LogP contribution in [0.2, 0.25) is 0 Å². The Morgan fingerprint density at radius 1 is 1.38 bits per heavy atom. The van der Waals surface area contributed by atoms with Crippen LogP contribution in [0.5, 0.6) is 0 Å². The molecule has 114 valence electrons. The molecule has 0 bridgehead atoms. The Balaban J connectivity index is 2.10. The summed E-state index contributed by atoms with van der Waals surface area (Å²) in [5.74, 6) is 0. The van der Waals surface area contributed by atoms with Crippen LogP contribution in [0.1, 0.15) is 31.4 Å². The lowest BCUT2D eigenvalue weighted by molar-refractivity contribution is -0.151. The Morgan fingerprint density at radius 2 is 2.10 bits per heavy atom. The number of nitrogens with zero attached hydrogens (tertiary/aromatic N) is 2. The Labute approximate surface area is 127 Å². The third-order valence-corrected chi connectivity index (χ3v) is 4.64. The van der Waals surface area contributed by atoms with Gasteiger partial charge in [0.15, 0.2) is 0 Å². The number of hydrogen-bond donors (Lipinski definition) is 1. The molecule has 0 radical (unpaired) electrons. The summed E-state index contributed by atoms with van der Waals surface area (Å²) >= 11 is 0. The van der Waals surface area contributed by atoms with E-state index in [1.165, 1.54) is 0 Å². The van der Waals surface area contributed by atoms with Crippen LogP contribution in [0.3, 0.4) is 0 Å². The van der Waals surface area contributed by atoms with E-state index in [9.17, 15) is 10.4 Å². The van der Waals surface area contributed by atoms with Crippen molar-refractivity contribution in [2.75, 3.05) is 26.8 Å². The van der Waals surface area contributed by atoms with E-state index < -0.39 is 5.60 Å².